The molecule has 2 atom stereocenters. The molecule has 0 aliphatic carbocycles. The molecule has 4 N–H and O–H groups in total. The van der Waals surface area contributed by atoms with Crippen molar-refractivity contribution in [3.05, 3.63) is 96.6 Å². The predicted octanol–water partition coefficient (Wildman–Crippen LogP) is 6.40. The molecule has 1 heterocycles. The first-order valence-corrected chi connectivity index (χ1v) is 15.3. The molecule has 46 heavy (non-hydrogen) atoms. The molecule has 0 bridgehead atoms. The summed E-state index contributed by atoms with van der Waals surface area (Å²) in [7, 11) is 1.26. The van der Waals surface area contributed by atoms with Crippen molar-refractivity contribution in [3.8, 4) is 17.2 Å². The van der Waals surface area contributed by atoms with E-state index >= 15 is 0 Å². The van der Waals surface area contributed by atoms with Crippen LogP contribution in [0.4, 0.5) is 4.79 Å². The lowest BCUT2D eigenvalue weighted by Crippen LogP contribution is -2.45. The van der Waals surface area contributed by atoms with E-state index < -0.39 is 24.3 Å². The number of ether oxygens (including phenoxy) is 4. The van der Waals surface area contributed by atoms with Gasteiger partial charge in [0, 0.05) is 21.3 Å². The van der Waals surface area contributed by atoms with Gasteiger partial charge in [0.25, 0.3) is 0 Å². The van der Waals surface area contributed by atoms with Crippen LogP contribution in [0.2, 0.25) is 20.1 Å². The average molecular weight is 712 g/mol. The highest BCUT2D eigenvalue weighted by Gasteiger charge is 2.32. The van der Waals surface area contributed by atoms with E-state index in [2.05, 4.69) is 21.2 Å². The quantitative estimate of drug-likeness (QED) is 0.0692. The van der Waals surface area contributed by atoms with E-state index in [1.54, 1.807) is 62.4 Å². The Hall–Kier alpha value is -3.87. The third-order valence-electron chi connectivity index (χ3n) is 6.52. The van der Waals surface area contributed by atoms with Crippen LogP contribution in [-0.4, -0.2) is 49.9 Å². The zero-order chi connectivity index (χ0) is 33.4. The number of carbonyl (C=O) groups is 2. The number of nitrogens with zero attached hydrogens (tertiary/aromatic N) is 1. The fourth-order valence-electron chi connectivity index (χ4n) is 4.40. The van der Waals surface area contributed by atoms with Crippen LogP contribution in [0, 0.1) is 0 Å². The number of hydrogen-bond acceptors (Lipinski definition) is 9. The number of hydrogen-bond donors (Lipinski definition) is 4. The van der Waals surface area contributed by atoms with E-state index in [1.165, 1.54) is 13.3 Å². The minimum Gasteiger partial charge on any atom is -0.490 e. The van der Waals surface area contributed by atoms with Crippen LogP contribution in [0.1, 0.15) is 36.6 Å². The Morgan fingerprint density at radius 3 is 2.43 bits per heavy atom. The minimum atomic E-state index is -1.21. The Morgan fingerprint density at radius 1 is 1.02 bits per heavy atom. The van der Waals surface area contributed by atoms with E-state index in [9.17, 15) is 14.7 Å². The van der Waals surface area contributed by atoms with Gasteiger partial charge in [-0.05, 0) is 61.4 Å². The molecule has 11 nitrogen and oxygen atoms in total. The highest BCUT2D eigenvalue weighted by molar-refractivity contribution is 6.37. The Kier molecular flexibility index (Phi) is 12.3. The lowest BCUT2D eigenvalue weighted by molar-refractivity contribution is -0.136. The highest BCUT2D eigenvalue weighted by Crippen LogP contribution is 2.36. The van der Waals surface area contributed by atoms with Crippen LogP contribution in [-0.2, 0) is 16.1 Å². The molecule has 3 aromatic carbocycles. The molecule has 0 saturated heterocycles. The maximum absolute atomic E-state index is 12.4. The number of nitrogens with one attached hydrogen (secondary N) is 3. The van der Waals surface area contributed by atoms with Crippen LogP contribution in [0.3, 0.4) is 0 Å². The summed E-state index contributed by atoms with van der Waals surface area (Å²) in [5.74, 6) is 0.357. The molecule has 1 aliphatic rings. The van der Waals surface area contributed by atoms with Crippen molar-refractivity contribution < 1.29 is 33.6 Å². The molecule has 3 aromatic rings. The van der Waals surface area contributed by atoms with Crippen LogP contribution in [0.15, 0.2) is 64.9 Å². The summed E-state index contributed by atoms with van der Waals surface area (Å²) >= 11 is 24.9. The number of amides is 2. The number of halogens is 4. The van der Waals surface area contributed by atoms with Crippen molar-refractivity contribution >= 4 is 64.6 Å². The Bertz CT molecular complexity index is 1640. The largest absolute Gasteiger partial charge is 0.490 e. The summed E-state index contributed by atoms with van der Waals surface area (Å²) < 4.78 is 22.2. The molecule has 1 aliphatic heterocycles. The summed E-state index contributed by atoms with van der Waals surface area (Å²) in [5, 5.41) is 21.2. The number of benzene rings is 3. The second kappa shape index (κ2) is 16.1. The Balaban J connectivity index is 1.37. The fraction of sp³-hybridized carbons (Fsp3) is 0.258. The second-order valence-electron chi connectivity index (χ2n) is 9.75. The maximum Gasteiger partial charge on any atom is 0.337 e. The number of rotatable bonds is 13. The predicted molar refractivity (Wildman–Crippen MR) is 176 cm³/mol. The maximum atomic E-state index is 12.4. The zero-order valence-corrected chi connectivity index (χ0v) is 27.9. The van der Waals surface area contributed by atoms with Gasteiger partial charge in [-0.3, -0.25) is 5.43 Å². The van der Waals surface area contributed by atoms with Crippen LogP contribution in [0.5, 0.6) is 17.2 Å². The minimum absolute atomic E-state index is 0.129. The summed E-state index contributed by atoms with van der Waals surface area (Å²) in [6.07, 6.45) is 0.214. The lowest BCUT2D eigenvalue weighted by atomic mass is 9.95. The number of carbonyl (C=O) groups excluding carboxylic acids is 2. The third-order valence-corrected chi connectivity index (χ3v) is 7.67. The van der Waals surface area contributed by atoms with Crippen molar-refractivity contribution in [2.45, 2.75) is 32.7 Å². The normalized spacial score (nSPS) is 15.2. The highest BCUT2D eigenvalue weighted by atomic mass is 35.5. The van der Waals surface area contributed by atoms with Gasteiger partial charge in [0.05, 0.1) is 41.6 Å². The molecule has 0 fully saturated rings. The number of aliphatic hydroxyl groups is 1. The topological polar surface area (TPSA) is 140 Å². The van der Waals surface area contributed by atoms with Crippen molar-refractivity contribution in [2.75, 3.05) is 20.3 Å². The van der Waals surface area contributed by atoms with E-state index in [-0.39, 0.29) is 34.6 Å². The van der Waals surface area contributed by atoms with Crippen molar-refractivity contribution in [2.24, 2.45) is 5.10 Å². The average Bonchev–Trinajstić information content (AvgIpc) is 3.00. The first kappa shape index (κ1) is 35.0. The van der Waals surface area contributed by atoms with Crippen molar-refractivity contribution in [1.29, 1.82) is 0 Å². The molecule has 15 heteroatoms. The third kappa shape index (κ3) is 8.89. The first-order chi connectivity index (χ1) is 22.0. The van der Waals surface area contributed by atoms with E-state index in [1.807, 2.05) is 0 Å². The number of allylic oxidation sites excluding steroid dienone is 1. The standard InChI is InChI=1S/C31H30Cl4N4O7/c1-4-44-25-11-18(28-27(30(41)43-3)16(2)37-31(42)38-28)6-8-24(25)45-15-26(40)39-36-13-17-9-22(34)29(23(35)10-17)46-14-19-5-7-20(32)12-21(19)33/h5-13,26,28,39-40H,4,14-15H2,1-3H3,(H2,37,38,42)/b36-13-/t26-,28-/m0/s1. The number of urea groups is 1. The molecule has 0 radical (unpaired) electrons. The van der Waals surface area contributed by atoms with Gasteiger partial charge < -0.3 is 34.7 Å². The fourth-order valence-corrected chi connectivity index (χ4v) is 5.48. The smallest absolute Gasteiger partial charge is 0.337 e. The van der Waals surface area contributed by atoms with Gasteiger partial charge in [-0.2, -0.15) is 5.10 Å². The monoisotopic (exact) mass is 710 g/mol. The van der Waals surface area contributed by atoms with Crippen LogP contribution in [0.25, 0.3) is 0 Å². The summed E-state index contributed by atoms with van der Waals surface area (Å²) in [5.41, 5.74) is 5.02. The Labute approximate surface area is 285 Å². The van der Waals surface area contributed by atoms with Gasteiger partial charge in [0.2, 0.25) is 0 Å². The zero-order valence-electron chi connectivity index (χ0n) is 24.8. The number of hydrazone groups is 1. The SMILES string of the molecule is CCOc1cc([C@@H]2NC(=O)NC(C)=C2C(=O)OC)ccc1OC[C@H](O)N/N=C\c1cc(Cl)c(OCc2ccc(Cl)cc2Cl)c(Cl)c1. The molecule has 2 amide bonds. The van der Waals surface area contributed by atoms with Crippen molar-refractivity contribution in [1.82, 2.24) is 16.1 Å². The van der Waals surface area contributed by atoms with Gasteiger partial charge in [-0.25, -0.2) is 9.59 Å². The second-order valence-corrected chi connectivity index (χ2v) is 11.4. The Morgan fingerprint density at radius 2 is 1.76 bits per heavy atom. The van der Waals surface area contributed by atoms with Gasteiger partial charge >= 0.3 is 12.0 Å². The van der Waals surface area contributed by atoms with E-state index in [0.717, 1.165) is 0 Å². The first-order valence-electron chi connectivity index (χ1n) is 13.8. The van der Waals surface area contributed by atoms with Crippen LogP contribution >= 0.6 is 46.4 Å². The number of methoxy groups -OCH3 is 1. The molecule has 0 unspecified atom stereocenters. The van der Waals surface area contributed by atoms with E-state index in [4.69, 9.17) is 65.4 Å². The number of esters is 1. The van der Waals surface area contributed by atoms with Crippen LogP contribution < -0.4 is 30.3 Å². The van der Waals surface area contributed by atoms with Gasteiger partial charge in [0.1, 0.15) is 13.2 Å². The lowest BCUT2D eigenvalue weighted by Gasteiger charge is -2.28. The molecular weight excluding hydrogens is 682 g/mol. The summed E-state index contributed by atoms with van der Waals surface area (Å²) in [4.78, 5) is 24.6. The molecule has 0 saturated carbocycles. The van der Waals surface area contributed by atoms with Gasteiger partial charge in [0.15, 0.2) is 23.5 Å². The molecule has 244 valence electrons. The molecular formula is C31H30Cl4N4O7. The van der Waals surface area contributed by atoms with E-state index in [0.29, 0.717) is 50.5 Å². The molecule has 4 rings (SSSR count). The number of aliphatic hydroxyl groups excluding tert-OH is 1. The molecule has 0 aromatic heterocycles. The summed E-state index contributed by atoms with van der Waals surface area (Å²) in [6.45, 7) is 3.65. The summed E-state index contributed by atoms with van der Waals surface area (Å²) in [6, 6.07) is 12.0. The van der Waals surface area contributed by atoms with Gasteiger partial charge in [-0.15, -0.1) is 0 Å². The van der Waals surface area contributed by atoms with Crippen molar-refractivity contribution in [3.63, 3.8) is 0 Å². The molecule has 0 spiro atoms. The van der Waals surface area contributed by atoms with Gasteiger partial charge in [-0.1, -0.05) is 58.5 Å².